The molecule has 21 heavy (non-hydrogen) atoms. The number of nitrogens with zero attached hydrogens (tertiary/aromatic N) is 1. The number of H-pyrrole nitrogens is 1. The molecule has 0 saturated heterocycles. The Hall–Kier alpha value is -2.01. The van der Waals surface area contributed by atoms with Gasteiger partial charge in [-0.25, -0.2) is 0 Å². The van der Waals surface area contributed by atoms with Crippen molar-refractivity contribution in [3.05, 3.63) is 40.2 Å². The van der Waals surface area contributed by atoms with E-state index in [1.165, 1.54) is 0 Å². The Labute approximate surface area is 128 Å². The number of ether oxygens (including phenoxy) is 1. The molecule has 2 aromatic rings. The average molecular weight is 308 g/mol. The van der Waals surface area contributed by atoms with Gasteiger partial charge in [-0.3, -0.25) is 9.89 Å². The average Bonchev–Trinajstić information content (AvgIpc) is 2.77. The molecule has 0 aliphatic carbocycles. The van der Waals surface area contributed by atoms with E-state index in [2.05, 4.69) is 15.5 Å². The lowest BCUT2D eigenvalue weighted by molar-refractivity contribution is 0.102. The van der Waals surface area contributed by atoms with E-state index in [1.807, 2.05) is 6.92 Å². The van der Waals surface area contributed by atoms with E-state index in [4.69, 9.17) is 16.3 Å². The van der Waals surface area contributed by atoms with Crippen LogP contribution < -0.4 is 10.1 Å². The molecular formula is C15H18ClN3O2. The zero-order valence-corrected chi connectivity index (χ0v) is 13.0. The molecule has 1 aromatic carbocycles. The van der Waals surface area contributed by atoms with Crippen molar-refractivity contribution >= 4 is 23.2 Å². The summed E-state index contributed by atoms with van der Waals surface area (Å²) in [5, 5.41) is 10.2. The van der Waals surface area contributed by atoms with Crippen LogP contribution in [0.3, 0.4) is 0 Å². The van der Waals surface area contributed by atoms with Crippen molar-refractivity contribution in [2.24, 2.45) is 0 Å². The number of benzene rings is 1. The normalized spacial score (nSPS) is 10.5. The van der Waals surface area contributed by atoms with Crippen molar-refractivity contribution in [1.29, 1.82) is 0 Å². The smallest absolute Gasteiger partial charge is 0.259 e. The number of carbonyl (C=O) groups is 1. The van der Waals surface area contributed by atoms with Gasteiger partial charge in [0.1, 0.15) is 5.75 Å². The minimum atomic E-state index is -0.234. The van der Waals surface area contributed by atoms with Gasteiger partial charge in [0.15, 0.2) is 0 Å². The largest absolute Gasteiger partial charge is 0.491 e. The fourth-order valence-corrected chi connectivity index (χ4v) is 2.18. The summed E-state index contributed by atoms with van der Waals surface area (Å²) in [5.41, 5.74) is 2.48. The third-order valence-corrected chi connectivity index (χ3v) is 3.24. The summed E-state index contributed by atoms with van der Waals surface area (Å²) in [5.74, 6) is 0.371. The molecule has 1 heterocycles. The topological polar surface area (TPSA) is 67.0 Å². The summed E-state index contributed by atoms with van der Waals surface area (Å²) in [6.07, 6.45) is 0.885. The summed E-state index contributed by atoms with van der Waals surface area (Å²) in [4.78, 5) is 12.4. The lowest BCUT2D eigenvalue weighted by Gasteiger charge is -2.12. The summed E-state index contributed by atoms with van der Waals surface area (Å²) in [6, 6.07) is 5.16. The van der Waals surface area contributed by atoms with Gasteiger partial charge in [-0.2, -0.15) is 5.10 Å². The van der Waals surface area contributed by atoms with Gasteiger partial charge in [0.2, 0.25) is 0 Å². The molecule has 0 unspecified atom stereocenters. The maximum absolute atomic E-state index is 12.4. The molecular weight excluding hydrogens is 290 g/mol. The first-order valence-corrected chi connectivity index (χ1v) is 7.16. The molecule has 0 radical (unpaired) electrons. The maximum atomic E-state index is 12.4. The van der Waals surface area contributed by atoms with Gasteiger partial charge < -0.3 is 10.1 Å². The van der Waals surface area contributed by atoms with E-state index < -0.39 is 0 Å². The molecule has 0 bridgehead atoms. The minimum Gasteiger partial charge on any atom is -0.491 e. The number of aryl methyl sites for hydroxylation is 2. The standard InChI is InChI=1S/C15H18ClN3O2/c1-4-7-21-13-6-5-11(16)8-12(13)17-15(20)14-9(2)18-19-10(14)3/h5-6,8H,4,7H2,1-3H3,(H,17,20)(H,18,19). The van der Waals surface area contributed by atoms with Crippen LogP contribution in [-0.2, 0) is 0 Å². The van der Waals surface area contributed by atoms with Crippen LogP contribution in [0.2, 0.25) is 5.02 Å². The van der Waals surface area contributed by atoms with Crippen LogP contribution in [0.1, 0.15) is 35.1 Å². The number of aromatic amines is 1. The van der Waals surface area contributed by atoms with E-state index in [9.17, 15) is 4.79 Å². The number of aromatic nitrogens is 2. The number of carbonyl (C=O) groups excluding carboxylic acids is 1. The highest BCUT2D eigenvalue weighted by molar-refractivity contribution is 6.31. The van der Waals surface area contributed by atoms with E-state index in [0.29, 0.717) is 34.3 Å². The molecule has 112 valence electrons. The Morgan fingerprint density at radius 1 is 1.43 bits per heavy atom. The van der Waals surface area contributed by atoms with Gasteiger partial charge in [0.25, 0.3) is 5.91 Å². The molecule has 0 spiro atoms. The number of anilines is 1. The Balaban J connectivity index is 2.26. The molecule has 0 atom stereocenters. The van der Waals surface area contributed by atoms with Gasteiger partial charge in [-0.15, -0.1) is 0 Å². The third kappa shape index (κ3) is 3.55. The van der Waals surface area contributed by atoms with Crippen molar-refractivity contribution in [3.63, 3.8) is 0 Å². The molecule has 1 aromatic heterocycles. The highest BCUT2D eigenvalue weighted by Gasteiger charge is 2.17. The number of hydrogen-bond donors (Lipinski definition) is 2. The predicted octanol–water partition coefficient (Wildman–Crippen LogP) is 3.72. The summed E-state index contributed by atoms with van der Waals surface area (Å²) >= 11 is 6.00. The first-order valence-electron chi connectivity index (χ1n) is 6.78. The van der Waals surface area contributed by atoms with Crippen LogP contribution in [-0.4, -0.2) is 22.7 Å². The van der Waals surface area contributed by atoms with Crippen LogP contribution in [0.25, 0.3) is 0 Å². The van der Waals surface area contributed by atoms with Crippen LogP contribution >= 0.6 is 11.6 Å². The lowest BCUT2D eigenvalue weighted by Crippen LogP contribution is -2.14. The molecule has 0 fully saturated rings. The fraction of sp³-hybridized carbons (Fsp3) is 0.333. The minimum absolute atomic E-state index is 0.234. The number of rotatable bonds is 5. The zero-order valence-electron chi connectivity index (χ0n) is 12.3. The summed E-state index contributed by atoms with van der Waals surface area (Å²) in [7, 11) is 0. The second-order valence-electron chi connectivity index (χ2n) is 4.75. The maximum Gasteiger partial charge on any atom is 0.259 e. The zero-order chi connectivity index (χ0) is 15.4. The fourth-order valence-electron chi connectivity index (χ4n) is 2.01. The second-order valence-corrected chi connectivity index (χ2v) is 5.19. The molecule has 5 nitrogen and oxygen atoms in total. The first-order chi connectivity index (χ1) is 10.0. The van der Waals surface area contributed by atoms with E-state index in [1.54, 1.807) is 32.0 Å². The number of hydrogen-bond acceptors (Lipinski definition) is 3. The number of nitrogens with one attached hydrogen (secondary N) is 2. The van der Waals surface area contributed by atoms with E-state index in [0.717, 1.165) is 12.1 Å². The number of halogens is 1. The third-order valence-electron chi connectivity index (χ3n) is 3.01. The Kier molecular flexibility index (Phi) is 4.85. The summed E-state index contributed by atoms with van der Waals surface area (Å²) in [6.45, 7) is 6.19. The summed E-state index contributed by atoms with van der Waals surface area (Å²) < 4.78 is 5.62. The van der Waals surface area contributed by atoms with E-state index in [-0.39, 0.29) is 5.91 Å². The molecule has 1 amide bonds. The van der Waals surface area contributed by atoms with Gasteiger partial charge in [-0.1, -0.05) is 18.5 Å². The predicted molar refractivity (Wildman–Crippen MR) is 83.3 cm³/mol. The second kappa shape index (κ2) is 6.63. The quantitative estimate of drug-likeness (QED) is 0.884. The molecule has 6 heteroatoms. The van der Waals surface area contributed by atoms with E-state index >= 15 is 0 Å². The first kappa shape index (κ1) is 15.4. The Morgan fingerprint density at radius 2 is 2.19 bits per heavy atom. The lowest BCUT2D eigenvalue weighted by atomic mass is 10.2. The van der Waals surface area contributed by atoms with Crippen LogP contribution in [0.15, 0.2) is 18.2 Å². The van der Waals surface area contributed by atoms with Gasteiger partial charge in [0, 0.05) is 10.7 Å². The van der Waals surface area contributed by atoms with Crippen molar-refractivity contribution in [2.75, 3.05) is 11.9 Å². The van der Waals surface area contributed by atoms with Crippen LogP contribution in [0.5, 0.6) is 5.75 Å². The van der Waals surface area contributed by atoms with Crippen molar-refractivity contribution in [2.45, 2.75) is 27.2 Å². The van der Waals surface area contributed by atoms with Crippen molar-refractivity contribution in [1.82, 2.24) is 10.2 Å². The molecule has 0 saturated carbocycles. The van der Waals surface area contributed by atoms with Crippen LogP contribution in [0, 0.1) is 13.8 Å². The van der Waals surface area contributed by atoms with Crippen LogP contribution in [0.4, 0.5) is 5.69 Å². The van der Waals surface area contributed by atoms with Crippen molar-refractivity contribution in [3.8, 4) is 5.75 Å². The molecule has 2 N–H and O–H groups in total. The molecule has 0 aliphatic rings. The van der Waals surface area contributed by atoms with Gasteiger partial charge in [0.05, 0.1) is 23.6 Å². The highest BCUT2D eigenvalue weighted by atomic mass is 35.5. The van der Waals surface area contributed by atoms with Gasteiger partial charge in [-0.05, 0) is 38.5 Å². The number of amides is 1. The Morgan fingerprint density at radius 3 is 2.81 bits per heavy atom. The SMILES string of the molecule is CCCOc1ccc(Cl)cc1NC(=O)c1c(C)n[nH]c1C. The highest BCUT2D eigenvalue weighted by Crippen LogP contribution is 2.29. The molecule has 0 aliphatic heterocycles. The molecule has 2 rings (SSSR count). The van der Waals surface area contributed by atoms with Gasteiger partial charge >= 0.3 is 0 Å². The monoisotopic (exact) mass is 307 g/mol. The Bertz CT molecular complexity index is 633. The van der Waals surface area contributed by atoms with Crippen molar-refractivity contribution < 1.29 is 9.53 Å².